The number of sulfonamides is 1. The van der Waals surface area contributed by atoms with Crippen molar-refractivity contribution >= 4 is 101 Å². The molecular weight excluding hydrogens is 1510 g/mol. The second-order valence-electron chi connectivity index (χ2n) is 30.9. The average molecular weight is 1610 g/mol. The van der Waals surface area contributed by atoms with Gasteiger partial charge in [0, 0.05) is 130 Å². The van der Waals surface area contributed by atoms with Crippen molar-refractivity contribution in [3.8, 4) is 10.4 Å². The summed E-state index contributed by atoms with van der Waals surface area (Å²) in [5, 5.41) is 20.5. The molecule has 4 saturated heterocycles. The number of thiazole rings is 1. The number of allylic oxidation sites excluding steroid dienone is 1. The molecule has 5 N–H and O–H groups in total. The fraction of sp³-hybridized carbons (Fsp3) is 0.506. The summed E-state index contributed by atoms with van der Waals surface area (Å²) in [6.07, 6.45) is 9.17. The molecule has 0 radical (unpaired) electrons. The largest absolute Gasteiger partial charge is 0.501 e. The summed E-state index contributed by atoms with van der Waals surface area (Å²) >= 11 is 9.37. The van der Waals surface area contributed by atoms with E-state index in [9.17, 15) is 59.1 Å². The number of amides is 5. The molecule has 4 aliphatic heterocycles. The van der Waals surface area contributed by atoms with Crippen LogP contribution in [0.25, 0.3) is 16.0 Å². The van der Waals surface area contributed by atoms with Gasteiger partial charge < -0.3 is 40.5 Å². The number of sulfone groups is 1. The number of aryl methyl sites for hydroxylation is 1. The maximum atomic E-state index is 14.4. The number of likely N-dealkylation sites (tertiary alicyclic amines) is 2. The Morgan fingerprint density at radius 3 is 2.08 bits per heavy atom. The lowest BCUT2D eigenvalue weighted by Gasteiger charge is -2.53. The Labute approximate surface area is 657 Å². The summed E-state index contributed by atoms with van der Waals surface area (Å²) in [6, 6.07) is 31.3. The Kier molecular flexibility index (Phi) is 28.1. The van der Waals surface area contributed by atoms with Crippen LogP contribution >= 0.6 is 34.7 Å². The maximum Gasteiger partial charge on any atom is 0.501 e. The molecule has 1 aliphatic carbocycles. The molecule has 5 aliphatic rings. The number of alkyl halides is 3. The molecule has 4 fully saturated rings. The van der Waals surface area contributed by atoms with Gasteiger partial charge in [-0.05, 0) is 147 Å². The minimum Gasteiger partial charge on any atom is -0.391 e. The van der Waals surface area contributed by atoms with E-state index in [0.29, 0.717) is 95.1 Å². The maximum absolute atomic E-state index is 14.4. The number of ether oxygens (including phenoxy) is 1. The number of hydrogen-bond acceptors (Lipinski definition) is 18. The highest BCUT2D eigenvalue weighted by atomic mass is 35.5. The molecule has 110 heavy (non-hydrogen) atoms. The fourth-order valence-corrected chi connectivity index (χ4v) is 19.3. The number of aliphatic hydroxyl groups is 1. The molecule has 594 valence electrons. The normalized spacial score (nSPS) is 18.9. The quantitative estimate of drug-likeness (QED) is 0.0194. The molecule has 0 unspecified atom stereocenters. The van der Waals surface area contributed by atoms with Crippen LogP contribution in [0.4, 0.5) is 24.5 Å². The molecule has 5 amide bonds. The number of thioether (sulfide) groups is 1. The molecule has 5 heterocycles. The predicted octanol–water partition coefficient (Wildman–Crippen LogP) is 12.9. The number of morpholine rings is 1. The minimum atomic E-state index is -6.11. The molecule has 29 heteroatoms. The van der Waals surface area contributed by atoms with Gasteiger partial charge in [0.2, 0.25) is 23.6 Å². The summed E-state index contributed by atoms with van der Waals surface area (Å²) in [5.74, 6) is -1.53. The summed E-state index contributed by atoms with van der Waals surface area (Å²) in [5.41, 5.74) is 2.35. The van der Waals surface area contributed by atoms with Gasteiger partial charge in [-0.15, -0.1) is 23.1 Å². The summed E-state index contributed by atoms with van der Waals surface area (Å²) in [7, 11) is -11.0. The number of nitrogens with one attached hydrogen (secondary N) is 4. The number of β-amino-alcohol motifs (C(OH)–C–C–N with tert-alkyl or cyclic N) is 1. The van der Waals surface area contributed by atoms with Crippen molar-refractivity contribution in [1.82, 2.24) is 39.9 Å². The minimum absolute atomic E-state index is 0.00775. The van der Waals surface area contributed by atoms with Crippen LogP contribution < -0.4 is 25.6 Å². The van der Waals surface area contributed by atoms with E-state index in [1.165, 1.54) is 39.9 Å². The average Bonchev–Trinajstić information content (AvgIpc) is 0.834. The number of aliphatic hydroxyl groups excluding tert-OH is 1. The third-order valence-corrected chi connectivity index (χ3v) is 26.9. The molecule has 11 rings (SSSR count). The highest BCUT2D eigenvalue weighted by Crippen LogP contribution is 2.49. The molecule has 6 aromatic rings. The third kappa shape index (κ3) is 21.7. The van der Waals surface area contributed by atoms with Crippen LogP contribution in [0, 0.1) is 17.8 Å². The molecule has 1 spiro atoms. The van der Waals surface area contributed by atoms with Gasteiger partial charge in [0.05, 0.1) is 52.0 Å². The second kappa shape index (κ2) is 37.0. The summed E-state index contributed by atoms with van der Waals surface area (Å²) in [6.45, 7) is 17.3. The number of aromatic nitrogens is 1. The lowest BCUT2D eigenvalue weighted by atomic mass is 9.65. The number of carbonyl (C=O) groups excluding carboxylic acids is 5. The van der Waals surface area contributed by atoms with Gasteiger partial charge in [0.1, 0.15) is 17.0 Å². The zero-order valence-electron chi connectivity index (χ0n) is 63.2. The van der Waals surface area contributed by atoms with E-state index in [2.05, 4.69) is 47.8 Å². The lowest BCUT2D eigenvalue weighted by Crippen LogP contribution is -2.59. The van der Waals surface area contributed by atoms with Crippen molar-refractivity contribution in [3.05, 3.63) is 160 Å². The van der Waals surface area contributed by atoms with E-state index < -0.39 is 82.3 Å². The molecular formula is C81H102ClF3N10O11S4. The smallest absolute Gasteiger partial charge is 0.391 e. The van der Waals surface area contributed by atoms with Crippen molar-refractivity contribution in [2.45, 2.75) is 175 Å². The van der Waals surface area contributed by atoms with Crippen LogP contribution in [0.5, 0.6) is 0 Å². The van der Waals surface area contributed by atoms with E-state index in [-0.39, 0.29) is 54.1 Å². The van der Waals surface area contributed by atoms with Crippen molar-refractivity contribution in [2.24, 2.45) is 10.8 Å². The topological polar surface area (TPSA) is 260 Å². The van der Waals surface area contributed by atoms with Crippen molar-refractivity contribution in [3.63, 3.8) is 0 Å². The summed E-state index contributed by atoms with van der Waals surface area (Å²) in [4.78, 5) is 83.1. The standard InChI is InChI=1S/C81H102ClF3N10O11S4/c1-55(57-20-22-59(23-21-57)74-56(2)86-54-108-74)87-77(100)70-46-65(96)50-95(70)78(101)75(79(3,4)5)89-72(97)18-14-9-7-6-8-10-15-19-73(98)94-52-80(53-94)36-34-68(58-24-28-62(82)29-25-58)61(48-80)49-92-38-40-93(41-39-92)64-30-26-60(27-31-64)76(99)90-110(104,105)67-32-33-69(71(47-67)109(102,103)81(83,84)85)88-63(35-37-91-42-44-106-45-43-91)51-107-66-16-12-11-13-17-66/h11-13,16-17,20-33,47,54-55,63,65,70,75,88,96H,6-10,14-15,18-19,34-46,48-53H2,1-5H3,(H,87,100)(H,89,97)(H,90,99)/t55-,63+,65+,70-,75+/m0/s1. The van der Waals surface area contributed by atoms with E-state index in [0.717, 1.165) is 127 Å². The number of piperazine rings is 1. The SMILES string of the molecule is Cc1ncsc1-c1ccc([C@H](C)NC(=O)[C@@H]2C[C@@H](O)CN2C(=O)[C@@H](NC(=O)CCCCCCCCCC(=O)N2CC3(CCC(c4ccc(Cl)cc4)=C(CN4CCN(c5ccc(C(=O)NS(=O)(=O)c6ccc(N[C@H](CCN7CCOCC7)CSc7ccccc7)c(S(=O)(=O)C(F)(F)F)c6)cc5)CC4)C3)C2)C(C)(C)C)cc1. The van der Waals surface area contributed by atoms with Crippen molar-refractivity contribution in [1.29, 1.82) is 0 Å². The second-order valence-corrected chi connectivity index (χ2v) is 36.9. The molecule has 21 nitrogen and oxygen atoms in total. The number of benzene rings is 5. The zero-order chi connectivity index (χ0) is 78.5. The van der Waals surface area contributed by atoms with Crippen LogP contribution in [-0.4, -0.2) is 197 Å². The first-order chi connectivity index (χ1) is 52.4. The van der Waals surface area contributed by atoms with E-state index in [1.54, 1.807) is 23.5 Å². The zero-order valence-corrected chi connectivity index (χ0v) is 67.2. The van der Waals surface area contributed by atoms with Crippen LogP contribution in [-0.2, 0) is 43.8 Å². The highest BCUT2D eigenvalue weighted by Gasteiger charge is 2.50. The van der Waals surface area contributed by atoms with Crippen molar-refractivity contribution < 1.29 is 63.8 Å². The Morgan fingerprint density at radius 1 is 0.782 bits per heavy atom. The van der Waals surface area contributed by atoms with E-state index in [4.69, 9.17) is 16.3 Å². The number of anilines is 2. The van der Waals surface area contributed by atoms with Gasteiger partial charge in [-0.2, -0.15) is 13.2 Å². The van der Waals surface area contributed by atoms with E-state index in [1.807, 2.05) is 116 Å². The number of unbranched alkanes of at least 4 members (excludes halogenated alkanes) is 6. The highest BCUT2D eigenvalue weighted by molar-refractivity contribution is 7.99. The number of hydrogen-bond donors (Lipinski definition) is 5. The Bertz CT molecular complexity index is 4440. The van der Waals surface area contributed by atoms with Gasteiger partial charge in [-0.1, -0.05) is 125 Å². The van der Waals surface area contributed by atoms with Crippen LogP contribution in [0.1, 0.15) is 151 Å². The molecule has 5 aromatic carbocycles. The first kappa shape index (κ1) is 83.5. The molecule has 0 saturated carbocycles. The lowest BCUT2D eigenvalue weighted by molar-refractivity contribution is -0.144. The first-order valence-electron chi connectivity index (χ1n) is 38.1. The third-order valence-electron chi connectivity index (χ3n) is 21.7. The van der Waals surface area contributed by atoms with Gasteiger partial charge in [-0.25, -0.2) is 26.5 Å². The number of nitrogens with zero attached hydrogens (tertiary/aromatic N) is 6. The van der Waals surface area contributed by atoms with Crippen LogP contribution in [0.2, 0.25) is 5.02 Å². The van der Waals surface area contributed by atoms with Crippen LogP contribution in [0.15, 0.2) is 147 Å². The van der Waals surface area contributed by atoms with E-state index >= 15 is 0 Å². The molecule has 0 bridgehead atoms. The van der Waals surface area contributed by atoms with Crippen molar-refractivity contribution in [2.75, 3.05) is 101 Å². The number of carbonyl (C=O) groups is 5. The van der Waals surface area contributed by atoms with Crippen LogP contribution in [0.3, 0.4) is 0 Å². The molecule has 5 atom stereocenters. The summed E-state index contributed by atoms with van der Waals surface area (Å²) < 4.78 is 105. The van der Waals surface area contributed by atoms with Gasteiger partial charge in [0.25, 0.3) is 25.8 Å². The Morgan fingerprint density at radius 2 is 1.44 bits per heavy atom. The Balaban J connectivity index is 0.606. The Hall–Kier alpha value is -7.41. The number of halogens is 4. The predicted molar refractivity (Wildman–Crippen MR) is 425 cm³/mol. The monoisotopic (exact) mass is 1610 g/mol. The van der Waals surface area contributed by atoms with Gasteiger partial charge in [0.15, 0.2) is 0 Å². The fourth-order valence-electron chi connectivity index (χ4n) is 15.4. The number of rotatable bonds is 32. The van der Waals surface area contributed by atoms with Gasteiger partial charge >= 0.3 is 5.51 Å². The van der Waals surface area contributed by atoms with Gasteiger partial charge in [-0.3, -0.25) is 33.8 Å². The first-order valence-corrected chi connectivity index (χ1v) is 43.3. The molecule has 1 aromatic heterocycles.